The van der Waals surface area contributed by atoms with E-state index in [2.05, 4.69) is 33.8 Å². The van der Waals surface area contributed by atoms with Crippen LogP contribution in [0.1, 0.15) is 34.1 Å². The smallest absolute Gasteiger partial charge is 0.126 e. The van der Waals surface area contributed by atoms with Crippen LogP contribution in [0.4, 0.5) is 0 Å². The summed E-state index contributed by atoms with van der Waals surface area (Å²) in [7, 11) is 0. The van der Waals surface area contributed by atoms with Crippen molar-refractivity contribution in [1.82, 2.24) is 0 Å². The van der Waals surface area contributed by atoms with Gasteiger partial charge in [0.1, 0.15) is 6.29 Å². The first-order valence-electron chi connectivity index (χ1n) is 4.63. The molecule has 0 radical (unpaired) electrons. The van der Waals surface area contributed by atoms with Gasteiger partial charge in [0.25, 0.3) is 0 Å². The molecule has 0 aromatic heterocycles. The fourth-order valence-corrected chi connectivity index (χ4v) is 2.16. The summed E-state index contributed by atoms with van der Waals surface area (Å²) in [5.74, 6) is 1.01. The number of hydrogen-bond acceptors (Lipinski definition) is 1. The Hall–Kier alpha value is -0.590. The van der Waals surface area contributed by atoms with E-state index in [0.29, 0.717) is 11.8 Å². The van der Waals surface area contributed by atoms with Crippen LogP contribution in [0.25, 0.3) is 0 Å². The Bertz CT molecular complexity index is 217. The lowest BCUT2D eigenvalue weighted by Crippen LogP contribution is -2.34. The normalized spacial score (nSPS) is 42.2. The van der Waals surface area contributed by atoms with Gasteiger partial charge < -0.3 is 4.79 Å². The minimum atomic E-state index is -0.127. The van der Waals surface area contributed by atoms with Crippen molar-refractivity contribution in [2.24, 2.45) is 17.3 Å². The molecule has 0 fully saturated rings. The first-order valence-corrected chi connectivity index (χ1v) is 4.63. The van der Waals surface area contributed by atoms with Crippen molar-refractivity contribution in [2.45, 2.75) is 34.1 Å². The van der Waals surface area contributed by atoms with Crippen LogP contribution >= 0.6 is 0 Å². The molecular weight excluding hydrogens is 148 g/mol. The van der Waals surface area contributed by atoms with Gasteiger partial charge in [0.2, 0.25) is 0 Å². The lowest BCUT2D eigenvalue weighted by atomic mass is 9.66. The first-order chi connectivity index (χ1) is 5.49. The molecule has 0 heterocycles. The molecule has 0 aliphatic heterocycles. The highest BCUT2D eigenvalue weighted by Gasteiger charge is 2.36. The van der Waals surface area contributed by atoms with Gasteiger partial charge in [-0.05, 0) is 25.2 Å². The summed E-state index contributed by atoms with van der Waals surface area (Å²) >= 11 is 0. The second-order valence-corrected chi connectivity index (χ2v) is 4.46. The molecule has 0 N–H and O–H groups in total. The van der Waals surface area contributed by atoms with Gasteiger partial charge in [-0.25, -0.2) is 0 Å². The van der Waals surface area contributed by atoms with Gasteiger partial charge in [0, 0.05) is 5.41 Å². The Morgan fingerprint density at radius 2 is 2.17 bits per heavy atom. The molecular formula is C11H18O. The molecule has 0 saturated carbocycles. The van der Waals surface area contributed by atoms with Gasteiger partial charge in [-0.3, -0.25) is 0 Å². The molecule has 1 aliphatic carbocycles. The molecule has 1 aliphatic rings. The predicted octanol–water partition coefficient (Wildman–Crippen LogP) is 2.81. The zero-order valence-electron chi connectivity index (χ0n) is 8.42. The van der Waals surface area contributed by atoms with Gasteiger partial charge in [-0.1, -0.05) is 32.4 Å². The lowest BCUT2D eigenvalue weighted by molar-refractivity contribution is -0.118. The van der Waals surface area contributed by atoms with E-state index in [4.69, 9.17) is 0 Å². The van der Waals surface area contributed by atoms with E-state index in [9.17, 15) is 4.79 Å². The molecule has 0 bridgehead atoms. The monoisotopic (exact) mass is 166 g/mol. The van der Waals surface area contributed by atoms with E-state index in [1.165, 1.54) is 5.57 Å². The molecule has 0 amide bonds. The van der Waals surface area contributed by atoms with Crippen LogP contribution in [-0.2, 0) is 4.79 Å². The van der Waals surface area contributed by atoms with Crippen molar-refractivity contribution < 1.29 is 4.79 Å². The molecule has 3 atom stereocenters. The maximum absolute atomic E-state index is 11.0. The zero-order chi connectivity index (χ0) is 9.35. The molecule has 68 valence electrons. The minimum Gasteiger partial charge on any atom is -0.303 e. The van der Waals surface area contributed by atoms with Crippen LogP contribution in [0.3, 0.4) is 0 Å². The molecule has 0 aromatic carbocycles. The quantitative estimate of drug-likeness (QED) is 0.432. The van der Waals surface area contributed by atoms with Gasteiger partial charge in [0.15, 0.2) is 0 Å². The molecule has 0 saturated heterocycles. The molecule has 0 spiro atoms. The van der Waals surface area contributed by atoms with Gasteiger partial charge >= 0.3 is 0 Å². The number of carbonyl (C=O) groups is 1. The lowest BCUT2D eigenvalue weighted by Gasteiger charge is -2.38. The summed E-state index contributed by atoms with van der Waals surface area (Å²) in [6.07, 6.45) is 4.35. The molecule has 3 unspecified atom stereocenters. The average molecular weight is 166 g/mol. The Kier molecular flexibility index (Phi) is 2.41. The van der Waals surface area contributed by atoms with Crippen molar-refractivity contribution in [3.63, 3.8) is 0 Å². The Morgan fingerprint density at radius 1 is 1.58 bits per heavy atom. The van der Waals surface area contributed by atoms with E-state index in [1.807, 2.05) is 0 Å². The molecule has 1 nitrogen and oxygen atoms in total. The summed E-state index contributed by atoms with van der Waals surface area (Å²) in [6.45, 7) is 8.54. The van der Waals surface area contributed by atoms with E-state index >= 15 is 0 Å². The number of carbonyl (C=O) groups excluding carboxylic acids is 1. The summed E-state index contributed by atoms with van der Waals surface area (Å²) < 4.78 is 0. The van der Waals surface area contributed by atoms with Crippen molar-refractivity contribution in [3.8, 4) is 0 Å². The van der Waals surface area contributed by atoms with Crippen molar-refractivity contribution in [1.29, 1.82) is 0 Å². The highest BCUT2D eigenvalue weighted by atomic mass is 16.1. The van der Waals surface area contributed by atoms with Gasteiger partial charge in [0.05, 0.1) is 0 Å². The maximum Gasteiger partial charge on any atom is 0.126 e. The predicted molar refractivity (Wildman–Crippen MR) is 50.9 cm³/mol. The van der Waals surface area contributed by atoms with Crippen LogP contribution in [0.15, 0.2) is 11.6 Å². The summed E-state index contributed by atoms with van der Waals surface area (Å²) in [4.78, 5) is 11.0. The van der Waals surface area contributed by atoms with E-state index in [0.717, 1.165) is 12.7 Å². The SMILES string of the molecule is CC1=CC(C)C(C)C(C)(C=O)C1. The van der Waals surface area contributed by atoms with Crippen molar-refractivity contribution in [3.05, 3.63) is 11.6 Å². The van der Waals surface area contributed by atoms with Gasteiger partial charge in [-0.2, -0.15) is 0 Å². The van der Waals surface area contributed by atoms with Gasteiger partial charge in [-0.15, -0.1) is 0 Å². The Balaban J connectivity index is 2.94. The van der Waals surface area contributed by atoms with Crippen LogP contribution in [0.2, 0.25) is 0 Å². The third-order valence-electron chi connectivity index (χ3n) is 3.31. The Morgan fingerprint density at radius 3 is 2.67 bits per heavy atom. The van der Waals surface area contributed by atoms with E-state index < -0.39 is 0 Å². The average Bonchev–Trinajstić information content (AvgIpc) is 2.00. The molecule has 0 aromatic rings. The van der Waals surface area contributed by atoms with Crippen molar-refractivity contribution in [2.75, 3.05) is 0 Å². The number of aldehydes is 1. The van der Waals surface area contributed by atoms with E-state index in [-0.39, 0.29) is 5.41 Å². The number of allylic oxidation sites excluding steroid dienone is 2. The largest absolute Gasteiger partial charge is 0.303 e. The van der Waals surface area contributed by atoms with Crippen LogP contribution < -0.4 is 0 Å². The Labute approximate surface area is 74.9 Å². The standard InChI is InChI=1S/C11H18O/c1-8-5-9(2)10(3)11(4,6-8)7-12/h5,7,9-10H,6H2,1-4H3. The van der Waals surface area contributed by atoms with Crippen LogP contribution in [0.5, 0.6) is 0 Å². The topological polar surface area (TPSA) is 17.1 Å². The molecule has 1 rings (SSSR count). The van der Waals surface area contributed by atoms with E-state index in [1.54, 1.807) is 0 Å². The van der Waals surface area contributed by atoms with Crippen LogP contribution in [0, 0.1) is 17.3 Å². The maximum atomic E-state index is 11.0. The van der Waals surface area contributed by atoms with Crippen molar-refractivity contribution >= 4 is 6.29 Å². The fourth-order valence-electron chi connectivity index (χ4n) is 2.16. The van der Waals surface area contributed by atoms with Crippen LogP contribution in [-0.4, -0.2) is 6.29 Å². The molecule has 1 heteroatoms. The first kappa shape index (κ1) is 9.50. The third kappa shape index (κ3) is 1.45. The summed E-state index contributed by atoms with van der Waals surface area (Å²) in [6, 6.07) is 0. The summed E-state index contributed by atoms with van der Waals surface area (Å²) in [5, 5.41) is 0. The minimum absolute atomic E-state index is 0.127. The summed E-state index contributed by atoms with van der Waals surface area (Å²) in [5.41, 5.74) is 1.23. The fraction of sp³-hybridized carbons (Fsp3) is 0.727. The highest BCUT2D eigenvalue weighted by molar-refractivity contribution is 5.60. The molecule has 12 heavy (non-hydrogen) atoms. The number of hydrogen-bond donors (Lipinski definition) is 0. The second-order valence-electron chi connectivity index (χ2n) is 4.46. The number of rotatable bonds is 1. The highest BCUT2D eigenvalue weighted by Crippen LogP contribution is 2.41. The zero-order valence-corrected chi connectivity index (χ0v) is 8.42. The second kappa shape index (κ2) is 3.04. The third-order valence-corrected chi connectivity index (χ3v) is 3.31.